The number of amides is 1. The van der Waals surface area contributed by atoms with Crippen molar-refractivity contribution >= 4 is 23.6 Å². The first-order valence-corrected chi connectivity index (χ1v) is 7.44. The van der Waals surface area contributed by atoms with Crippen molar-refractivity contribution in [1.82, 2.24) is 4.90 Å². The zero-order valence-corrected chi connectivity index (χ0v) is 12.5. The minimum Gasteiger partial charge on any atom is -0.335 e. The Morgan fingerprint density at radius 2 is 2.15 bits per heavy atom. The standard InChI is InChI=1S/C16H21ClN2O/c1-12-3-2-10-19(15(12)11-18)16(20)9-6-13-4-7-14(17)8-5-13/h4-9,12,15H,2-3,10-11,18H2,1H3. The van der Waals surface area contributed by atoms with Crippen molar-refractivity contribution in [3.63, 3.8) is 0 Å². The molecule has 1 aromatic carbocycles. The molecule has 1 aromatic rings. The molecule has 0 bridgehead atoms. The smallest absolute Gasteiger partial charge is 0.246 e. The summed E-state index contributed by atoms with van der Waals surface area (Å²) >= 11 is 5.84. The van der Waals surface area contributed by atoms with Crippen LogP contribution in [-0.4, -0.2) is 29.9 Å². The molecule has 1 heterocycles. The molecule has 1 aliphatic heterocycles. The highest BCUT2D eigenvalue weighted by molar-refractivity contribution is 6.30. The van der Waals surface area contributed by atoms with Crippen LogP contribution in [0, 0.1) is 5.92 Å². The largest absolute Gasteiger partial charge is 0.335 e. The molecule has 0 saturated carbocycles. The van der Waals surface area contributed by atoms with E-state index in [0.29, 0.717) is 17.5 Å². The first-order valence-electron chi connectivity index (χ1n) is 7.06. The van der Waals surface area contributed by atoms with Crippen molar-refractivity contribution in [2.45, 2.75) is 25.8 Å². The molecule has 0 spiro atoms. The number of carbonyl (C=O) groups excluding carboxylic acids is 1. The topological polar surface area (TPSA) is 46.3 Å². The van der Waals surface area contributed by atoms with Crippen LogP contribution in [0.2, 0.25) is 5.02 Å². The van der Waals surface area contributed by atoms with Gasteiger partial charge in [-0.3, -0.25) is 4.79 Å². The van der Waals surface area contributed by atoms with Crippen LogP contribution >= 0.6 is 11.6 Å². The Labute approximate surface area is 125 Å². The Kier molecular flexibility index (Phi) is 5.21. The fraction of sp³-hybridized carbons (Fsp3) is 0.438. The number of likely N-dealkylation sites (tertiary alicyclic amines) is 1. The Balaban J connectivity index is 2.04. The van der Waals surface area contributed by atoms with Gasteiger partial charge in [0.1, 0.15) is 0 Å². The molecular weight excluding hydrogens is 272 g/mol. The molecule has 20 heavy (non-hydrogen) atoms. The van der Waals surface area contributed by atoms with Crippen molar-refractivity contribution in [1.29, 1.82) is 0 Å². The van der Waals surface area contributed by atoms with Crippen LogP contribution in [0.4, 0.5) is 0 Å². The third kappa shape index (κ3) is 3.62. The summed E-state index contributed by atoms with van der Waals surface area (Å²) in [6.07, 6.45) is 5.65. The van der Waals surface area contributed by atoms with Gasteiger partial charge >= 0.3 is 0 Å². The second kappa shape index (κ2) is 6.91. The van der Waals surface area contributed by atoms with E-state index < -0.39 is 0 Å². The van der Waals surface area contributed by atoms with Crippen LogP contribution in [0.1, 0.15) is 25.3 Å². The van der Waals surface area contributed by atoms with Gasteiger partial charge < -0.3 is 10.6 Å². The Bertz CT molecular complexity index is 484. The van der Waals surface area contributed by atoms with Gasteiger partial charge in [0.15, 0.2) is 0 Å². The maximum atomic E-state index is 12.3. The summed E-state index contributed by atoms with van der Waals surface area (Å²) in [5.41, 5.74) is 6.78. The molecular formula is C16H21ClN2O. The van der Waals surface area contributed by atoms with Crippen LogP contribution in [0.25, 0.3) is 6.08 Å². The molecule has 1 saturated heterocycles. The molecule has 0 aromatic heterocycles. The maximum absolute atomic E-state index is 12.3. The molecule has 1 fully saturated rings. The lowest BCUT2D eigenvalue weighted by molar-refractivity contribution is -0.130. The highest BCUT2D eigenvalue weighted by Crippen LogP contribution is 2.23. The quantitative estimate of drug-likeness (QED) is 0.871. The Hall–Kier alpha value is -1.32. The van der Waals surface area contributed by atoms with E-state index in [0.717, 1.165) is 24.9 Å². The van der Waals surface area contributed by atoms with Gasteiger partial charge in [-0.2, -0.15) is 0 Å². The molecule has 2 rings (SSSR count). The summed E-state index contributed by atoms with van der Waals surface area (Å²) < 4.78 is 0. The third-order valence-corrected chi connectivity index (χ3v) is 4.18. The zero-order chi connectivity index (χ0) is 14.5. The number of hydrogen-bond donors (Lipinski definition) is 1. The van der Waals surface area contributed by atoms with Crippen molar-refractivity contribution in [2.24, 2.45) is 11.7 Å². The van der Waals surface area contributed by atoms with Gasteiger partial charge in [0, 0.05) is 30.2 Å². The van der Waals surface area contributed by atoms with Crippen LogP contribution < -0.4 is 5.73 Å². The number of rotatable bonds is 3. The minimum absolute atomic E-state index is 0.0435. The Morgan fingerprint density at radius 3 is 2.80 bits per heavy atom. The van der Waals surface area contributed by atoms with E-state index in [1.54, 1.807) is 6.08 Å². The molecule has 2 unspecified atom stereocenters. The molecule has 0 aliphatic carbocycles. The van der Waals surface area contributed by atoms with Gasteiger partial charge in [-0.1, -0.05) is 30.7 Å². The predicted octanol–water partition coefficient (Wildman–Crippen LogP) is 2.94. The van der Waals surface area contributed by atoms with E-state index >= 15 is 0 Å². The number of hydrogen-bond acceptors (Lipinski definition) is 2. The van der Waals surface area contributed by atoms with Gasteiger partial charge in [0.2, 0.25) is 5.91 Å². The van der Waals surface area contributed by atoms with E-state index in [2.05, 4.69) is 6.92 Å². The summed E-state index contributed by atoms with van der Waals surface area (Å²) in [5, 5.41) is 0.696. The highest BCUT2D eigenvalue weighted by atomic mass is 35.5. The lowest BCUT2D eigenvalue weighted by atomic mass is 9.90. The molecule has 3 nitrogen and oxygen atoms in total. The zero-order valence-electron chi connectivity index (χ0n) is 11.8. The van der Waals surface area contributed by atoms with E-state index in [1.807, 2.05) is 35.2 Å². The van der Waals surface area contributed by atoms with E-state index in [-0.39, 0.29) is 11.9 Å². The normalized spacial score (nSPS) is 23.2. The summed E-state index contributed by atoms with van der Waals surface area (Å²) in [7, 11) is 0. The summed E-state index contributed by atoms with van der Waals surface area (Å²) in [6, 6.07) is 7.58. The third-order valence-electron chi connectivity index (χ3n) is 3.93. The predicted molar refractivity (Wildman–Crippen MR) is 83.4 cm³/mol. The number of nitrogens with zero attached hydrogens (tertiary/aromatic N) is 1. The summed E-state index contributed by atoms with van der Waals surface area (Å²) in [6.45, 7) is 3.50. The first-order chi connectivity index (χ1) is 9.61. The van der Waals surface area contributed by atoms with Gasteiger partial charge in [-0.15, -0.1) is 0 Å². The molecule has 0 radical (unpaired) electrons. The number of nitrogens with two attached hydrogens (primary N) is 1. The summed E-state index contributed by atoms with van der Waals surface area (Å²) in [4.78, 5) is 14.2. The maximum Gasteiger partial charge on any atom is 0.246 e. The van der Waals surface area contributed by atoms with E-state index in [1.165, 1.54) is 0 Å². The molecule has 108 valence electrons. The molecule has 4 heteroatoms. The SMILES string of the molecule is CC1CCCN(C(=O)C=Cc2ccc(Cl)cc2)C1CN. The molecule has 2 atom stereocenters. The van der Waals surface area contributed by atoms with E-state index in [9.17, 15) is 4.79 Å². The van der Waals surface area contributed by atoms with Gasteiger partial charge in [0.05, 0.1) is 0 Å². The average Bonchev–Trinajstić information content (AvgIpc) is 2.46. The molecule has 1 amide bonds. The molecule has 1 aliphatic rings. The van der Waals surface area contributed by atoms with Gasteiger partial charge in [-0.05, 0) is 42.5 Å². The van der Waals surface area contributed by atoms with Gasteiger partial charge in [-0.25, -0.2) is 0 Å². The fourth-order valence-electron chi connectivity index (χ4n) is 2.72. The second-order valence-corrected chi connectivity index (χ2v) is 5.78. The highest BCUT2D eigenvalue weighted by Gasteiger charge is 2.29. The number of carbonyl (C=O) groups is 1. The lowest BCUT2D eigenvalue weighted by Gasteiger charge is -2.38. The first kappa shape index (κ1) is 15.1. The summed E-state index contributed by atoms with van der Waals surface area (Å²) in [5.74, 6) is 0.517. The lowest BCUT2D eigenvalue weighted by Crippen LogP contribution is -2.50. The average molecular weight is 293 g/mol. The van der Waals surface area contributed by atoms with Crippen LogP contribution in [0.3, 0.4) is 0 Å². The van der Waals surface area contributed by atoms with Crippen LogP contribution in [0.15, 0.2) is 30.3 Å². The number of benzene rings is 1. The number of piperidine rings is 1. The fourth-order valence-corrected chi connectivity index (χ4v) is 2.85. The minimum atomic E-state index is 0.0435. The van der Waals surface area contributed by atoms with E-state index in [4.69, 9.17) is 17.3 Å². The van der Waals surface area contributed by atoms with Crippen molar-refractivity contribution in [2.75, 3.05) is 13.1 Å². The molecule has 2 N–H and O–H groups in total. The second-order valence-electron chi connectivity index (χ2n) is 5.34. The van der Waals surface area contributed by atoms with Crippen LogP contribution in [-0.2, 0) is 4.79 Å². The Morgan fingerprint density at radius 1 is 1.45 bits per heavy atom. The van der Waals surface area contributed by atoms with Crippen molar-refractivity contribution in [3.05, 3.63) is 40.9 Å². The van der Waals surface area contributed by atoms with Gasteiger partial charge in [0.25, 0.3) is 0 Å². The monoisotopic (exact) mass is 292 g/mol. The van der Waals surface area contributed by atoms with Crippen LogP contribution in [0.5, 0.6) is 0 Å². The number of halogens is 1. The van der Waals surface area contributed by atoms with Crippen molar-refractivity contribution < 1.29 is 4.79 Å². The van der Waals surface area contributed by atoms with Crippen molar-refractivity contribution in [3.8, 4) is 0 Å².